The summed E-state index contributed by atoms with van der Waals surface area (Å²) < 4.78 is 2.65. The Morgan fingerprint density at radius 3 is 2.65 bits per heavy atom. The summed E-state index contributed by atoms with van der Waals surface area (Å²) in [5.41, 5.74) is 5.22. The molecular formula is C18H25N5O3. The minimum absolute atomic E-state index is 0.0374. The lowest BCUT2D eigenvalue weighted by molar-refractivity contribution is -0.118. The fourth-order valence-corrected chi connectivity index (χ4v) is 4.78. The summed E-state index contributed by atoms with van der Waals surface area (Å²) >= 11 is 0. The van der Waals surface area contributed by atoms with E-state index < -0.39 is 11.6 Å². The van der Waals surface area contributed by atoms with Gasteiger partial charge in [-0.25, -0.2) is 9.78 Å². The summed E-state index contributed by atoms with van der Waals surface area (Å²) in [4.78, 5) is 44.7. The first-order valence-corrected chi connectivity index (χ1v) is 9.51. The number of nitrogens with one attached hydrogen (secondary N) is 1. The van der Waals surface area contributed by atoms with Crippen LogP contribution in [0.1, 0.15) is 57.2 Å². The Morgan fingerprint density at radius 2 is 2.04 bits per heavy atom. The number of aromatic nitrogens is 4. The molecule has 2 fully saturated rings. The van der Waals surface area contributed by atoms with Gasteiger partial charge in [0.25, 0.3) is 5.56 Å². The quantitative estimate of drug-likeness (QED) is 0.802. The second-order valence-corrected chi connectivity index (χ2v) is 7.71. The lowest BCUT2D eigenvalue weighted by Crippen LogP contribution is -2.40. The highest BCUT2D eigenvalue weighted by Crippen LogP contribution is 2.52. The largest absolute Gasteiger partial charge is 0.370 e. The van der Waals surface area contributed by atoms with Gasteiger partial charge in [-0.3, -0.25) is 18.7 Å². The smallest absolute Gasteiger partial charge is 0.332 e. The molecule has 2 saturated carbocycles. The summed E-state index contributed by atoms with van der Waals surface area (Å²) in [6, 6.07) is 0. The molecule has 2 aromatic heterocycles. The molecule has 26 heavy (non-hydrogen) atoms. The maximum atomic E-state index is 12.8. The van der Waals surface area contributed by atoms with Crippen molar-refractivity contribution in [2.45, 2.75) is 64.5 Å². The molecular weight excluding hydrogens is 334 g/mol. The lowest BCUT2D eigenvalue weighted by Gasteiger charge is -2.18. The number of carbonyl (C=O) groups is 1. The van der Waals surface area contributed by atoms with Gasteiger partial charge in [0.15, 0.2) is 5.65 Å². The van der Waals surface area contributed by atoms with Gasteiger partial charge >= 0.3 is 5.69 Å². The van der Waals surface area contributed by atoms with Crippen LogP contribution in [0.25, 0.3) is 11.2 Å². The van der Waals surface area contributed by atoms with Crippen molar-refractivity contribution in [1.29, 1.82) is 0 Å². The van der Waals surface area contributed by atoms with Gasteiger partial charge in [-0.2, -0.15) is 0 Å². The SMILES string of the molecule is CCCn1c(=O)c2[nH]c(C3CC4CCC3C4)nc2n(CCC(N)=O)c1=O. The second kappa shape index (κ2) is 6.41. The molecule has 0 saturated heterocycles. The molecule has 0 spiro atoms. The summed E-state index contributed by atoms with van der Waals surface area (Å²) in [6.45, 7) is 2.39. The summed E-state index contributed by atoms with van der Waals surface area (Å²) in [7, 11) is 0. The number of rotatable bonds is 6. The van der Waals surface area contributed by atoms with Crippen molar-refractivity contribution in [2.75, 3.05) is 0 Å². The molecule has 3 unspecified atom stereocenters. The number of imidazole rings is 1. The van der Waals surface area contributed by atoms with Gasteiger partial charge in [0.05, 0.1) is 0 Å². The van der Waals surface area contributed by atoms with Gasteiger partial charge in [0.2, 0.25) is 5.91 Å². The molecule has 140 valence electrons. The predicted octanol–water partition coefficient (Wildman–Crippen LogP) is 1.08. The van der Waals surface area contributed by atoms with Crippen LogP contribution in [0.15, 0.2) is 9.59 Å². The van der Waals surface area contributed by atoms with Crippen LogP contribution >= 0.6 is 0 Å². The molecule has 4 rings (SSSR count). The van der Waals surface area contributed by atoms with E-state index in [0.717, 1.165) is 18.2 Å². The Hall–Kier alpha value is -2.38. The van der Waals surface area contributed by atoms with E-state index in [1.165, 1.54) is 28.4 Å². The van der Waals surface area contributed by atoms with Crippen LogP contribution in [0.3, 0.4) is 0 Å². The number of H-pyrrole nitrogens is 1. The van der Waals surface area contributed by atoms with Gasteiger partial charge in [0.1, 0.15) is 11.3 Å². The molecule has 3 N–H and O–H groups in total. The molecule has 2 heterocycles. The van der Waals surface area contributed by atoms with Crippen molar-refractivity contribution in [3.63, 3.8) is 0 Å². The van der Waals surface area contributed by atoms with E-state index in [4.69, 9.17) is 5.73 Å². The van der Waals surface area contributed by atoms with Crippen molar-refractivity contribution in [2.24, 2.45) is 17.6 Å². The van der Waals surface area contributed by atoms with E-state index in [1.54, 1.807) is 0 Å². The Balaban J connectivity index is 1.85. The number of aryl methyl sites for hydroxylation is 1. The molecule has 2 aliphatic carbocycles. The van der Waals surface area contributed by atoms with E-state index in [1.807, 2.05) is 6.92 Å². The second-order valence-electron chi connectivity index (χ2n) is 7.71. The number of hydrogen-bond donors (Lipinski definition) is 2. The fraction of sp³-hybridized carbons (Fsp3) is 0.667. The standard InChI is InChI=1S/C18H25N5O3/c1-2-6-23-17(25)14-16(22(18(23)26)7-5-13(19)24)21-15(20-14)12-9-10-3-4-11(12)8-10/h10-12H,2-9H2,1H3,(H2,19,24)(H,20,21). The van der Waals surface area contributed by atoms with E-state index in [0.29, 0.717) is 36.0 Å². The molecule has 8 nitrogen and oxygen atoms in total. The van der Waals surface area contributed by atoms with Gasteiger partial charge in [-0.1, -0.05) is 13.3 Å². The number of carbonyl (C=O) groups excluding carboxylic acids is 1. The highest BCUT2D eigenvalue weighted by molar-refractivity contribution is 5.74. The average Bonchev–Trinajstić information content (AvgIpc) is 3.32. The zero-order chi connectivity index (χ0) is 18.4. The van der Waals surface area contributed by atoms with Crippen LogP contribution in [-0.2, 0) is 17.9 Å². The molecule has 2 aromatic rings. The Kier molecular flexibility index (Phi) is 4.20. The van der Waals surface area contributed by atoms with Crippen molar-refractivity contribution < 1.29 is 4.79 Å². The Bertz CT molecular complexity index is 970. The van der Waals surface area contributed by atoms with Crippen molar-refractivity contribution in [3.05, 3.63) is 26.7 Å². The first-order valence-electron chi connectivity index (χ1n) is 9.51. The van der Waals surface area contributed by atoms with E-state index in [9.17, 15) is 14.4 Å². The molecule has 8 heteroatoms. The number of fused-ring (bicyclic) bond motifs is 3. The predicted molar refractivity (Wildman–Crippen MR) is 96.9 cm³/mol. The van der Waals surface area contributed by atoms with Gasteiger partial charge in [-0.05, 0) is 37.5 Å². The van der Waals surface area contributed by atoms with Gasteiger partial charge < -0.3 is 10.7 Å². The van der Waals surface area contributed by atoms with Gasteiger partial charge in [-0.15, -0.1) is 0 Å². The fourth-order valence-electron chi connectivity index (χ4n) is 4.78. The highest BCUT2D eigenvalue weighted by Gasteiger charge is 2.41. The lowest BCUT2D eigenvalue weighted by atomic mass is 9.88. The summed E-state index contributed by atoms with van der Waals surface area (Å²) in [6.07, 6.45) is 5.53. The number of primary amides is 1. The van der Waals surface area contributed by atoms with E-state index in [2.05, 4.69) is 9.97 Å². The first-order chi connectivity index (χ1) is 12.5. The van der Waals surface area contributed by atoms with Crippen LogP contribution in [0.5, 0.6) is 0 Å². The molecule has 2 aliphatic rings. The number of nitrogens with zero attached hydrogens (tertiary/aromatic N) is 3. The third-order valence-electron chi connectivity index (χ3n) is 6.00. The Morgan fingerprint density at radius 1 is 1.23 bits per heavy atom. The molecule has 0 radical (unpaired) electrons. The van der Waals surface area contributed by atoms with Crippen LogP contribution in [0, 0.1) is 11.8 Å². The average molecular weight is 359 g/mol. The van der Waals surface area contributed by atoms with E-state index >= 15 is 0 Å². The number of hydrogen-bond acceptors (Lipinski definition) is 4. The first kappa shape index (κ1) is 17.1. The molecule has 1 amide bonds. The van der Waals surface area contributed by atoms with Crippen molar-refractivity contribution in [1.82, 2.24) is 19.1 Å². The zero-order valence-corrected chi connectivity index (χ0v) is 15.0. The third-order valence-corrected chi connectivity index (χ3v) is 6.00. The maximum absolute atomic E-state index is 12.8. The molecule has 2 bridgehead atoms. The monoisotopic (exact) mass is 359 g/mol. The molecule has 0 aliphatic heterocycles. The van der Waals surface area contributed by atoms with E-state index in [-0.39, 0.29) is 18.5 Å². The number of aromatic amines is 1. The molecule has 0 aromatic carbocycles. The van der Waals surface area contributed by atoms with Crippen LogP contribution in [-0.4, -0.2) is 25.0 Å². The highest BCUT2D eigenvalue weighted by atomic mass is 16.2. The van der Waals surface area contributed by atoms with Gasteiger partial charge in [0, 0.05) is 25.4 Å². The van der Waals surface area contributed by atoms with Crippen molar-refractivity contribution >= 4 is 17.1 Å². The van der Waals surface area contributed by atoms with Crippen molar-refractivity contribution in [3.8, 4) is 0 Å². The number of amides is 1. The normalized spacial score (nSPS) is 24.6. The summed E-state index contributed by atoms with van der Waals surface area (Å²) in [5, 5.41) is 0. The third kappa shape index (κ3) is 2.68. The molecule has 3 atom stereocenters. The minimum atomic E-state index is -0.484. The summed E-state index contributed by atoms with van der Waals surface area (Å²) in [5.74, 6) is 2.03. The number of nitrogens with two attached hydrogens (primary N) is 1. The maximum Gasteiger partial charge on any atom is 0.332 e. The van der Waals surface area contributed by atoms with Crippen LogP contribution in [0.2, 0.25) is 0 Å². The zero-order valence-electron chi connectivity index (χ0n) is 15.0. The van der Waals surface area contributed by atoms with Crippen LogP contribution in [0.4, 0.5) is 0 Å². The van der Waals surface area contributed by atoms with Crippen LogP contribution < -0.4 is 17.0 Å². The Labute approximate surface area is 150 Å². The topological polar surface area (TPSA) is 116 Å². The minimum Gasteiger partial charge on any atom is -0.370 e.